The zero-order valence-electron chi connectivity index (χ0n) is 12.4. The van der Waals surface area contributed by atoms with Crippen molar-refractivity contribution in [2.75, 3.05) is 5.32 Å². The van der Waals surface area contributed by atoms with Gasteiger partial charge in [0.05, 0.1) is 0 Å². The fourth-order valence-corrected chi connectivity index (χ4v) is 3.05. The van der Waals surface area contributed by atoms with E-state index in [1.807, 2.05) is 26.8 Å². The van der Waals surface area contributed by atoms with E-state index in [2.05, 4.69) is 15.3 Å². The summed E-state index contributed by atoms with van der Waals surface area (Å²) in [6, 6.07) is 3.62. The number of nitrogens with one attached hydrogen (secondary N) is 1. The highest BCUT2D eigenvalue weighted by molar-refractivity contribution is 7.17. The molecule has 0 fully saturated rings. The SMILES string of the molecule is Cc1cccnc1NC(=O)c1cnc2sc(C)c(C)n2c1=O. The minimum atomic E-state index is -0.503. The maximum Gasteiger partial charge on any atom is 0.271 e. The van der Waals surface area contributed by atoms with E-state index in [9.17, 15) is 9.59 Å². The van der Waals surface area contributed by atoms with E-state index in [1.165, 1.54) is 21.9 Å². The molecule has 7 heteroatoms. The Labute approximate surface area is 130 Å². The number of thiazole rings is 1. The van der Waals surface area contributed by atoms with Crippen molar-refractivity contribution >= 4 is 28.0 Å². The molecule has 3 heterocycles. The lowest BCUT2D eigenvalue weighted by Gasteiger charge is -2.06. The van der Waals surface area contributed by atoms with Gasteiger partial charge in [0.2, 0.25) is 0 Å². The van der Waals surface area contributed by atoms with Gasteiger partial charge < -0.3 is 5.32 Å². The second-order valence-corrected chi connectivity index (χ2v) is 6.14. The van der Waals surface area contributed by atoms with Crippen molar-refractivity contribution in [3.05, 3.63) is 56.6 Å². The average Bonchev–Trinajstić information content (AvgIpc) is 2.77. The van der Waals surface area contributed by atoms with Crippen molar-refractivity contribution in [1.29, 1.82) is 0 Å². The van der Waals surface area contributed by atoms with Crippen molar-refractivity contribution in [1.82, 2.24) is 14.4 Å². The lowest BCUT2D eigenvalue weighted by Crippen LogP contribution is -2.27. The summed E-state index contributed by atoms with van der Waals surface area (Å²) in [5.41, 5.74) is 1.27. The average molecular weight is 314 g/mol. The van der Waals surface area contributed by atoms with E-state index in [0.717, 1.165) is 16.1 Å². The number of anilines is 1. The molecule has 0 unspecified atom stereocenters. The molecule has 0 aromatic carbocycles. The van der Waals surface area contributed by atoms with Crippen LogP contribution in [0.4, 0.5) is 5.82 Å². The molecule has 3 aromatic rings. The Morgan fingerprint density at radius 2 is 2.05 bits per heavy atom. The number of pyridine rings is 1. The number of hydrogen-bond donors (Lipinski definition) is 1. The molecule has 0 radical (unpaired) electrons. The van der Waals surface area contributed by atoms with Crippen LogP contribution in [0.2, 0.25) is 0 Å². The highest BCUT2D eigenvalue weighted by Gasteiger charge is 2.17. The molecule has 0 atom stereocenters. The van der Waals surface area contributed by atoms with E-state index in [-0.39, 0.29) is 11.1 Å². The van der Waals surface area contributed by atoms with Crippen LogP contribution in [0.25, 0.3) is 4.96 Å². The summed E-state index contributed by atoms with van der Waals surface area (Å²) in [6.45, 7) is 5.60. The first-order chi connectivity index (χ1) is 10.5. The summed E-state index contributed by atoms with van der Waals surface area (Å²) in [4.78, 5) is 34.8. The number of nitrogens with zero attached hydrogens (tertiary/aromatic N) is 3. The second-order valence-electron chi connectivity index (χ2n) is 4.96. The Hall–Kier alpha value is -2.54. The Bertz CT molecular complexity index is 942. The first-order valence-electron chi connectivity index (χ1n) is 6.69. The minimum Gasteiger partial charge on any atom is -0.306 e. The van der Waals surface area contributed by atoms with Crippen LogP contribution < -0.4 is 10.9 Å². The van der Waals surface area contributed by atoms with Crippen LogP contribution in [-0.4, -0.2) is 20.3 Å². The Morgan fingerprint density at radius 3 is 2.77 bits per heavy atom. The molecule has 1 amide bonds. The normalized spacial score (nSPS) is 10.9. The number of rotatable bonds is 2. The molecule has 0 aliphatic heterocycles. The van der Waals surface area contributed by atoms with Gasteiger partial charge in [-0.05, 0) is 32.4 Å². The van der Waals surface area contributed by atoms with Crippen LogP contribution in [0, 0.1) is 20.8 Å². The maximum atomic E-state index is 12.5. The molecule has 0 aliphatic carbocycles. The Morgan fingerprint density at radius 1 is 1.27 bits per heavy atom. The second kappa shape index (κ2) is 5.34. The van der Waals surface area contributed by atoms with Crippen LogP contribution in [0.1, 0.15) is 26.5 Å². The monoisotopic (exact) mass is 314 g/mol. The largest absolute Gasteiger partial charge is 0.306 e. The molecule has 3 rings (SSSR count). The Balaban J connectivity index is 2.05. The van der Waals surface area contributed by atoms with Gasteiger partial charge in [0.15, 0.2) is 4.96 Å². The molecule has 0 saturated heterocycles. The van der Waals surface area contributed by atoms with E-state index < -0.39 is 5.91 Å². The molecule has 0 spiro atoms. The standard InChI is InChI=1S/C15H14N4O2S/c1-8-5-4-6-16-12(8)18-13(20)11-7-17-15-19(14(11)21)9(2)10(3)22-15/h4-7H,1-3H3,(H,16,18,20). The molecule has 0 saturated carbocycles. The van der Waals surface area contributed by atoms with Crippen LogP contribution in [0.5, 0.6) is 0 Å². The van der Waals surface area contributed by atoms with Gasteiger partial charge in [-0.2, -0.15) is 0 Å². The quantitative estimate of drug-likeness (QED) is 0.787. The smallest absolute Gasteiger partial charge is 0.271 e. The minimum absolute atomic E-state index is 0.00320. The number of amides is 1. The molecule has 3 aromatic heterocycles. The van der Waals surface area contributed by atoms with Crippen LogP contribution >= 0.6 is 11.3 Å². The zero-order valence-corrected chi connectivity index (χ0v) is 13.2. The molecular formula is C15H14N4O2S. The summed E-state index contributed by atoms with van der Waals surface area (Å²) in [5.74, 6) is -0.0628. The number of carbonyl (C=O) groups is 1. The number of aryl methyl sites for hydroxylation is 3. The number of fused-ring (bicyclic) bond motifs is 1. The number of aromatic nitrogens is 3. The molecule has 1 N–H and O–H groups in total. The van der Waals surface area contributed by atoms with Gasteiger partial charge >= 0.3 is 0 Å². The highest BCUT2D eigenvalue weighted by Crippen LogP contribution is 2.18. The summed E-state index contributed by atoms with van der Waals surface area (Å²) >= 11 is 1.43. The van der Waals surface area contributed by atoms with Crippen molar-refractivity contribution < 1.29 is 4.79 Å². The van der Waals surface area contributed by atoms with Gasteiger partial charge in [-0.3, -0.25) is 14.0 Å². The van der Waals surface area contributed by atoms with E-state index in [4.69, 9.17) is 0 Å². The topological polar surface area (TPSA) is 76.4 Å². The van der Waals surface area contributed by atoms with Gasteiger partial charge in [-0.1, -0.05) is 6.07 Å². The van der Waals surface area contributed by atoms with Crippen LogP contribution in [-0.2, 0) is 0 Å². The fraction of sp³-hybridized carbons (Fsp3) is 0.200. The zero-order chi connectivity index (χ0) is 15.9. The van der Waals surface area contributed by atoms with Crippen LogP contribution in [0.15, 0.2) is 29.3 Å². The fourth-order valence-electron chi connectivity index (χ4n) is 2.12. The van der Waals surface area contributed by atoms with Gasteiger partial charge in [0.1, 0.15) is 11.4 Å². The van der Waals surface area contributed by atoms with Gasteiger partial charge in [0.25, 0.3) is 11.5 Å². The first-order valence-corrected chi connectivity index (χ1v) is 7.51. The van der Waals surface area contributed by atoms with Crippen molar-refractivity contribution in [2.45, 2.75) is 20.8 Å². The summed E-state index contributed by atoms with van der Waals surface area (Å²) in [5, 5.41) is 2.66. The lowest BCUT2D eigenvalue weighted by atomic mass is 10.2. The number of carbonyl (C=O) groups excluding carboxylic acids is 1. The third-order valence-electron chi connectivity index (χ3n) is 3.50. The van der Waals surface area contributed by atoms with E-state index in [0.29, 0.717) is 10.8 Å². The highest BCUT2D eigenvalue weighted by atomic mass is 32.1. The molecule has 22 heavy (non-hydrogen) atoms. The summed E-state index contributed by atoms with van der Waals surface area (Å²) < 4.78 is 1.47. The van der Waals surface area contributed by atoms with E-state index >= 15 is 0 Å². The molecule has 112 valence electrons. The van der Waals surface area contributed by atoms with Gasteiger partial charge in [-0.15, -0.1) is 11.3 Å². The molecular weight excluding hydrogens is 300 g/mol. The summed E-state index contributed by atoms with van der Waals surface area (Å²) in [7, 11) is 0. The summed E-state index contributed by atoms with van der Waals surface area (Å²) in [6.07, 6.45) is 2.91. The number of hydrogen-bond acceptors (Lipinski definition) is 5. The molecule has 0 bridgehead atoms. The third kappa shape index (κ3) is 2.29. The van der Waals surface area contributed by atoms with Crippen molar-refractivity contribution in [3.63, 3.8) is 0 Å². The van der Waals surface area contributed by atoms with Crippen LogP contribution in [0.3, 0.4) is 0 Å². The predicted octanol–water partition coefficient (Wildman–Crippen LogP) is 2.33. The Kier molecular flexibility index (Phi) is 3.50. The maximum absolute atomic E-state index is 12.5. The first kappa shape index (κ1) is 14.4. The lowest BCUT2D eigenvalue weighted by molar-refractivity contribution is 0.102. The van der Waals surface area contributed by atoms with Gasteiger partial charge in [-0.25, -0.2) is 9.97 Å². The van der Waals surface area contributed by atoms with Crippen molar-refractivity contribution in [3.8, 4) is 0 Å². The molecule has 6 nitrogen and oxygen atoms in total. The van der Waals surface area contributed by atoms with Crippen molar-refractivity contribution in [2.24, 2.45) is 0 Å². The van der Waals surface area contributed by atoms with E-state index in [1.54, 1.807) is 12.3 Å². The predicted molar refractivity (Wildman–Crippen MR) is 85.7 cm³/mol. The molecule has 0 aliphatic rings. The van der Waals surface area contributed by atoms with Gasteiger partial charge in [0, 0.05) is 23.0 Å². The third-order valence-corrected chi connectivity index (χ3v) is 4.58.